The molecule has 6 nitrogen and oxygen atoms in total. The molecule has 1 N–H and O–H groups in total. The Hall–Kier alpha value is -5.14. The van der Waals surface area contributed by atoms with Crippen molar-refractivity contribution < 1.29 is 13.9 Å². The van der Waals surface area contributed by atoms with Crippen LogP contribution in [0.15, 0.2) is 111 Å². The van der Waals surface area contributed by atoms with Crippen molar-refractivity contribution in [3.63, 3.8) is 0 Å². The number of hydrogen-bond donors (Lipinski definition) is 1. The van der Waals surface area contributed by atoms with Gasteiger partial charge in [-0.15, -0.1) is 0 Å². The maximum Gasteiger partial charge on any atom is 0.344 e. The summed E-state index contributed by atoms with van der Waals surface area (Å²) in [6.07, 6.45) is 3.45. The summed E-state index contributed by atoms with van der Waals surface area (Å²) >= 11 is 6.45. The van der Waals surface area contributed by atoms with Crippen LogP contribution in [-0.4, -0.2) is 14.2 Å². The smallest absolute Gasteiger partial charge is 0.344 e. The zero-order valence-corrected chi connectivity index (χ0v) is 26.7. The topological polar surface area (TPSA) is 77.4 Å². The second-order valence-electron chi connectivity index (χ2n) is 12.1. The quantitative estimate of drug-likeness (QED) is 0.167. The number of unbranched alkanes of at least 4 members (excludes halogenated alkanes) is 1. The van der Waals surface area contributed by atoms with Gasteiger partial charge >= 0.3 is 5.63 Å². The molecule has 0 amide bonds. The number of aromatic hydroxyl groups is 1. The monoisotopic (exact) mass is 646 g/mol. The molecule has 7 aromatic rings. The first-order valence-corrected chi connectivity index (χ1v) is 16.0. The number of fused-ring (bicyclic) bond motifs is 3. The van der Waals surface area contributed by atoms with Crippen LogP contribution in [0.5, 0.6) is 5.75 Å². The molecule has 8 heteroatoms. The Morgan fingerprint density at radius 1 is 0.894 bits per heavy atom. The molecule has 47 heavy (non-hydrogen) atoms. The number of aryl methyl sites for hydroxylation is 2. The molecule has 0 spiro atoms. The van der Waals surface area contributed by atoms with E-state index in [0.29, 0.717) is 50.9 Å². The van der Waals surface area contributed by atoms with Gasteiger partial charge in [0.2, 0.25) is 0 Å². The van der Waals surface area contributed by atoms with E-state index in [2.05, 4.69) is 0 Å². The zero-order chi connectivity index (χ0) is 32.8. The number of pyridine rings is 1. The highest BCUT2D eigenvalue weighted by molar-refractivity contribution is 6.31. The van der Waals surface area contributed by atoms with Crippen LogP contribution in [0.2, 0.25) is 5.02 Å². The van der Waals surface area contributed by atoms with Gasteiger partial charge in [0, 0.05) is 46.2 Å². The molecule has 236 valence electrons. The van der Waals surface area contributed by atoms with Crippen molar-refractivity contribution in [2.24, 2.45) is 0 Å². The summed E-state index contributed by atoms with van der Waals surface area (Å²) in [6.45, 7) is 4.82. The summed E-state index contributed by atoms with van der Waals surface area (Å²) in [6, 6.07) is 26.6. The molecule has 7 rings (SSSR count). The van der Waals surface area contributed by atoms with Crippen LogP contribution in [0, 0.1) is 12.7 Å². The van der Waals surface area contributed by atoms with Crippen molar-refractivity contribution in [3.8, 4) is 5.75 Å². The van der Waals surface area contributed by atoms with E-state index in [1.807, 2.05) is 61.0 Å². The van der Waals surface area contributed by atoms with Crippen LogP contribution in [0.25, 0.3) is 32.8 Å². The second-order valence-corrected chi connectivity index (χ2v) is 12.5. The summed E-state index contributed by atoms with van der Waals surface area (Å²) in [5.41, 5.74) is 3.06. The highest BCUT2D eigenvalue weighted by Crippen LogP contribution is 2.42. The molecule has 0 saturated heterocycles. The van der Waals surface area contributed by atoms with Crippen LogP contribution in [0.4, 0.5) is 4.39 Å². The van der Waals surface area contributed by atoms with Crippen molar-refractivity contribution in [2.75, 3.05) is 0 Å². The lowest BCUT2D eigenvalue weighted by Crippen LogP contribution is -2.28. The van der Waals surface area contributed by atoms with E-state index in [1.54, 1.807) is 47.0 Å². The summed E-state index contributed by atoms with van der Waals surface area (Å²) < 4.78 is 24.5. The molecule has 3 heterocycles. The molecule has 1 atom stereocenters. The average Bonchev–Trinajstić information content (AvgIpc) is 3.40. The minimum absolute atomic E-state index is 0.0911. The SMILES string of the molecule is CCCCn1c(=O)c(C(c2c(O)c3cc(C)ccc3oc2=O)c2cn(Cc3ccccc3)c3ccc(F)cc23)cc2cc(Cl)ccc21. The lowest BCUT2D eigenvalue weighted by atomic mass is 9.84. The van der Waals surface area contributed by atoms with Gasteiger partial charge in [-0.25, -0.2) is 9.18 Å². The Balaban J connectivity index is 1.60. The first-order chi connectivity index (χ1) is 22.7. The lowest BCUT2D eigenvalue weighted by Gasteiger charge is -2.21. The molecule has 1 unspecified atom stereocenters. The molecule has 0 aliphatic carbocycles. The van der Waals surface area contributed by atoms with Gasteiger partial charge in [-0.05, 0) is 79.1 Å². The fourth-order valence-corrected chi connectivity index (χ4v) is 6.79. The van der Waals surface area contributed by atoms with E-state index in [4.69, 9.17) is 16.0 Å². The van der Waals surface area contributed by atoms with Crippen LogP contribution < -0.4 is 11.2 Å². The van der Waals surface area contributed by atoms with Gasteiger partial charge in [0.05, 0.1) is 22.4 Å². The van der Waals surface area contributed by atoms with Gasteiger partial charge < -0.3 is 18.7 Å². The summed E-state index contributed by atoms with van der Waals surface area (Å²) in [4.78, 5) is 28.6. The molecule has 0 fully saturated rings. The third-order valence-corrected chi connectivity index (χ3v) is 9.10. The van der Waals surface area contributed by atoms with Gasteiger partial charge in [0.15, 0.2) is 0 Å². The molecule has 0 bridgehead atoms. The van der Waals surface area contributed by atoms with Crippen molar-refractivity contribution in [1.82, 2.24) is 9.13 Å². The standard InChI is InChI=1S/C39H32ClFN2O4/c1-3-4-16-43-32-13-11-26(40)18-25(32)19-30(38(43)45)35(36-37(44)29-17-23(2)10-15-34(29)47-39(36)46)31-22-42(21-24-8-6-5-7-9-24)33-14-12-27(41)20-28(31)33/h5-15,17-20,22,35,44H,3-4,16,21H2,1-2H3. The molecule has 3 aromatic heterocycles. The van der Waals surface area contributed by atoms with Crippen molar-refractivity contribution in [1.29, 1.82) is 0 Å². The predicted molar refractivity (Wildman–Crippen MR) is 185 cm³/mol. The third-order valence-electron chi connectivity index (χ3n) is 8.87. The number of halogens is 2. The molecule has 0 aliphatic rings. The van der Waals surface area contributed by atoms with Gasteiger partial charge in [0.1, 0.15) is 17.1 Å². The van der Waals surface area contributed by atoms with Gasteiger partial charge in [-0.3, -0.25) is 4.79 Å². The van der Waals surface area contributed by atoms with Crippen molar-refractivity contribution >= 4 is 44.4 Å². The van der Waals surface area contributed by atoms with E-state index in [1.165, 1.54) is 12.1 Å². The Morgan fingerprint density at radius 2 is 1.68 bits per heavy atom. The van der Waals surface area contributed by atoms with Gasteiger partial charge in [-0.1, -0.05) is 66.9 Å². The van der Waals surface area contributed by atoms with E-state index < -0.39 is 17.4 Å². The van der Waals surface area contributed by atoms with Crippen LogP contribution in [0.3, 0.4) is 0 Å². The lowest BCUT2D eigenvalue weighted by molar-refractivity contribution is 0.455. The minimum atomic E-state index is -1.11. The maximum atomic E-state index is 15.0. The third kappa shape index (κ3) is 5.51. The second kappa shape index (κ2) is 12.2. The van der Waals surface area contributed by atoms with Crippen LogP contribution in [0.1, 0.15) is 53.5 Å². The Bertz CT molecular complexity index is 2430. The summed E-state index contributed by atoms with van der Waals surface area (Å²) in [5.74, 6) is -1.86. The largest absolute Gasteiger partial charge is 0.507 e. The van der Waals surface area contributed by atoms with Crippen LogP contribution in [-0.2, 0) is 13.1 Å². The predicted octanol–water partition coefficient (Wildman–Crippen LogP) is 8.90. The molecule has 0 saturated carbocycles. The Morgan fingerprint density at radius 3 is 2.47 bits per heavy atom. The first kappa shape index (κ1) is 30.5. The molecular formula is C39H32ClFN2O4. The molecule has 0 aliphatic heterocycles. The summed E-state index contributed by atoms with van der Waals surface area (Å²) in [7, 11) is 0. The molecule has 4 aromatic carbocycles. The van der Waals surface area contributed by atoms with E-state index in [9.17, 15) is 14.7 Å². The fraction of sp³-hybridized carbons (Fsp3) is 0.179. The Labute approximate surface area is 274 Å². The Kier molecular flexibility index (Phi) is 7.94. The first-order valence-electron chi connectivity index (χ1n) is 15.6. The zero-order valence-electron chi connectivity index (χ0n) is 26.0. The number of nitrogens with zero attached hydrogens (tertiary/aromatic N) is 2. The number of hydrogen-bond acceptors (Lipinski definition) is 4. The average molecular weight is 647 g/mol. The van der Waals surface area contributed by atoms with E-state index in [-0.39, 0.29) is 28.0 Å². The minimum Gasteiger partial charge on any atom is -0.507 e. The fourth-order valence-electron chi connectivity index (χ4n) is 6.61. The van der Waals surface area contributed by atoms with Crippen molar-refractivity contribution in [2.45, 2.75) is 45.7 Å². The van der Waals surface area contributed by atoms with Crippen LogP contribution >= 0.6 is 11.6 Å². The van der Waals surface area contributed by atoms with E-state index in [0.717, 1.165) is 24.0 Å². The highest BCUT2D eigenvalue weighted by Gasteiger charge is 2.32. The highest BCUT2D eigenvalue weighted by atomic mass is 35.5. The van der Waals surface area contributed by atoms with Gasteiger partial charge in [-0.2, -0.15) is 0 Å². The number of benzene rings is 4. The van der Waals surface area contributed by atoms with E-state index >= 15 is 4.39 Å². The molecule has 0 radical (unpaired) electrons. The summed E-state index contributed by atoms with van der Waals surface area (Å²) in [5, 5.41) is 14.0. The maximum absolute atomic E-state index is 15.0. The normalized spacial score (nSPS) is 12.3. The van der Waals surface area contributed by atoms with Crippen molar-refractivity contribution in [3.05, 3.63) is 157 Å². The number of rotatable bonds is 8. The molecular weight excluding hydrogens is 615 g/mol. The van der Waals surface area contributed by atoms with Gasteiger partial charge in [0.25, 0.3) is 5.56 Å². The number of aromatic nitrogens is 2.